The van der Waals surface area contributed by atoms with E-state index >= 15 is 0 Å². The summed E-state index contributed by atoms with van der Waals surface area (Å²) in [4.78, 5) is 31.5. The molecule has 3 N–H and O–H groups in total. The molecule has 1 heterocycles. The number of halogens is 1. The quantitative estimate of drug-likeness (QED) is 0.637. The summed E-state index contributed by atoms with van der Waals surface area (Å²) in [6.45, 7) is 7.33. The molecule has 0 saturated heterocycles. The summed E-state index contributed by atoms with van der Waals surface area (Å²) in [5.74, 6) is -1.32. The molecule has 0 aliphatic carbocycles. The molecule has 162 valence electrons. The zero-order valence-corrected chi connectivity index (χ0v) is 18.1. The van der Waals surface area contributed by atoms with Crippen LogP contribution in [0.1, 0.15) is 61.1 Å². The molecule has 0 bridgehead atoms. The highest BCUT2D eigenvalue weighted by atomic mass is 32.2. The summed E-state index contributed by atoms with van der Waals surface area (Å²) in [6, 6.07) is 1.57. The molecule has 0 radical (unpaired) electrons. The van der Waals surface area contributed by atoms with Gasteiger partial charge in [-0.3, -0.25) is 9.78 Å². The van der Waals surface area contributed by atoms with E-state index < -0.39 is 32.8 Å². The average Bonchev–Trinajstić information content (AvgIpc) is 2.67. The number of amides is 3. The number of benzene rings is 1. The number of hydrogen-bond acceptors (Lipinski definition) is 6. The summed E-state index contributed by atoms with van der Waals surface area (Å²) >= 11 is 0. The van der Waals surface area contributed by atoms with Gasteiger partial charge in [0.15, 0.2) is 5.03 Å². The van der Waals surface area contributed by atoms with Crippen LogP contribution >= 0.6 is 0 Å². The number of nitrogens with one attached hydrogen (secondary N) is 3. The normalized spacial score (nSPS) is 11.5. The fraction of sp³-hybridized carbons (Fsp3) is 0.368. The van der Waals surface area contributed by atoms with Crippen molar-refractivity contribution in [2.24, 2.45) is 0 Å². The van der Waals surface area contributed by atoms with Crippen LogP contribution in [0.25, 0.3) is 0 Å². The fourth-order valence-electron chi connectivity index (χ4n) is 2.73. The van der Waals surface area contributed by atoms with E-state index in [1.54, 1.807) is 0 Å². The largest absolute Gasteiger partial charge is 0.354 e. The molecule has 1 aromatic heterocycles. The Morgan fingerprint density at radius 2 is 1.60 bits per heavy atom. The van der Waals surface area contributed by atoms with E-state index in [1.807, 2.05) is 32.4 Å². The number of carbonyl (C=O) groups excluding carboxylic acids is 2. The lowest BCUT2D eigenvalue weighted by Gasteiger charge is -2.20. The first kappa shape index (κ1) is 23.2. The van der Waals surface area contributed by atoms with Crippen LogP contribution in [0.5, 0.6) is 0 Å². The molecule has 9 nitrogen and oxygen atoms in total. The zero-order valence-electron chi connectivity index (χ0n) is 17.3. The van der Waals surface area contributed by atoms with Crippen LogP contribution in [-0.4, -0.2) is 37.4 Å². The van der Waals surface area contributed by atoms with Gasteiger partial charge in [-0.1, -0.05) is 27.7 Å². The molecule has 1 aromatic carbocycles. The molecular formula is C19H24FN5O4S. The predicted molar refractivity (Wildman–Crippen MR) is 109 cm³/mol. The lowest BCUT2D eigenvalue weighted by atomic mass is 9.92. The molecule has 2 aromatic rings. The van der Waals surface area contributed by atoms with Crippen molar-refractivity contribution >= 4 is 27.6 Å². The molecule has 2 rings (SSSR count). The van der Waals surface area contributed by atoms with Gasteiger partial charge in [0, 0.05) is 12.7 Å². The summed E-state index contributed by atoms with van der Waals surface area (Å²) in [5, 5.41) is 4.23. The van der Waals surface area contributed by atoms with E-state index in [2.05, 4.69) is 20.6 Å². The number of urea groups is 1. The molecule has 11 heteroatoms. The van der Waals surface area contributed by atoms with Gasteiger partial charge in [0.2, 0.25) is 0 Å². The van der Waals surface area contributed by atoms with Crippen LogP contribution in [0.2, 0.25) is 0 Å². The van der Waals surface area contributed by atoms with Crippen LogP contribution in [0.3, 0.4) is 0 Å². The van der Waals surface area contributed by atoms with Gasteiger partial charge in [0.1, 0.15) is 11.5 Å². The lowest BCUT2D eigenvalue weighted by molar-refractivity contribution is 0.0957. The van der Waals surface area contributed by atoms with Gasteiger partial charge in [-0.05, 0) is 35.1 Å². The third-order valence-electron chi connectivity index (χ3n) is 4.22. The topological polar surface area (TPSA) is 130 Å². The molecule has 0 unspecified atom stereocenters. The SMILES string of the molecule is CNC(=O)c1cncc(S(=O)(=O)NC(=O)Nc2c(C(C)C)cc(F)cc2C(C)C)n1. The van der Waals surface area contributed by atoms with Crippen molar-refractivity contribution in [3.05, 3.63) is 47.2 Å². The molecule has 0 spiro atoms. The minimum Gasteiger partial charge on any atom is -0.354 e. The van der Waals surface area contributed by atoms with Crippen LogP contribution in [0, 0.1) is 5.82 Å². The van der Waals surface area contributed by atoms with E-state index in [0.29, 0.717) is 16.8 Å². The standard InChI is InChI=1S/C19H24FN5O4S/c1-10(2)13-6-12(20)7-14(11(3)4)17(13)24-19(27)25-30(28,29)16-9-22-8-15(23-16)18(26)21-5/h6-11H,1-5H3,(H,21,26)(H2,24,25,27). The molecule has 0 aliphatic heterocycles. The number of sulfonamides is 1. The molecule has 0 fully saturated rings. The molecule has 0 atom stereocenters. The average molecular weight is 437 g/mol. The second-order valence-electron chi connectivity index (χ2n) is 7.15. The Morgan fingerprint density at radius 3 is 2.10 bits per heavy atom. The molecule has 0 saturated carbocycles. The molecule has 3 amide bonds. The van der Waals surface area contributed by atoms with Crippen LogP contribution < -0.4 is 15.4 Å². The van der Waals surface area contributed by atoms with Gasteiger partial charge in [-0.2, -0.15) is 8.42 Å². The Bertz CT molecular complexity index is 1040. The lowest BCUT2D eigenvalue weighted by Crippen LogP contribution is -2.36. The monoisotopic (exact) mass is 437 g/mol. The Morgan fingerprint density at radius 1 is 1.03 bits per heavy atom. The van der Waals surface area contributed by atoms with E-state index in [0.717, 1.165) is 12.4 Å². The van der Waals surface area contributed by atoms with Crippen molar-refractivity contribution in [3.63, 3.8) is 0 Å². The highest BCUT2D eigenvalue weighted by molar-refractivity contribution is 7.90. The summed E-state index contributed by atoms with van der Waals surface area (Å²) in [5.41, 5.74) is 1.20. The maximum atomic E-state index is 14.0. The van der Waals surface area contributed by atoms with Crippen LogP contribution in [0.4, 0.5) is 14.9 Å². The van der Waals surface area contributed by atoms with Gasteiger partial charge in [0.05, 0.1) is 12.4 Å². The summed E-state index contributed by atoms with van der Waals surface area (Å²) in [6.07, 6.45) is 2.01. The van der Waals surface area contributed by atoms with Crippen LogP contribution in [-0.2, 0) is 10.0 Å². The Balaban J connectivity index is 2.35. The number of hydrogen-bond donors (Lipinski definition) is 3. The van der Waals surface area contributed by atoms with Crippen molar-refractivity contribution in [1.29, 1.82) is 0 Å². The third-order valence-corrected chi connectivity index (χ3v) is 5.42. The van der Waals surface area contributed by atoms with Crippen molar-refractivity contribution in [3.8, 4) is 0 Å². The van der Waals surface area contributed by atoms with E-state index in [-0.39, 0.29) is 17.5 Å². The third kappa shape index (κ3) is 5.29. The first-order chi connectivity index (χ1) is 14.0. The Kier molecular flexibility index (Phi) is 7.08. The van der Waals surface area contributed by atoms with Crippen molar-refractivity contribution in [1.82, 2.24) is 20.0 Å². The number of carbonyl (C=O) groups is 2. The maximum absolute atomic E-state index is 14.0. The molecule has 0 aliphatic rings. The van der Waals surface area contributed by atoms with E-state index in [9.17, 15) is 22.4 Å². The van der Waals surface area contributed by atoms with E-state index in [1.165, 1.54) is 19.2 Å². The van der Waals surface area contributed by atoms with Crippen molar-refractivity contribution < 1.29 is 22.4 Å². The van der Waals surface area contributed by atoms with Crippen molar-refractivity contribution in [2.75, 3.05) is 12.4 Å². The number of anilines is 1. The highest BCUT2D eigenvalue weighted by Gasteiger charge is 2.24. The second-order valence-corrected chi connectivity index (χ2v) is 8.78. The van der Waals surface area contributed by atoms with Gasteiger partial charge in [-0.25, -0.2) is 18.9 Å². The first-order valence-electron chi connectivity index (χ1n) is 9.17. The highest BCUT2D eigenvalue weighted by Crippen LogP contribution is 2.33. The Labute approximate surface area is 174 Å². The zero-order chi connectivity index (χ0) is 22.6. The van der Waals surface area contributed by atoms with Gasteiger partial charge < -0.3 is 10.6 Å². The van der Waals surface area contributed by atoms with Crippen molar-refractivity contribution in [2.45, 2.75) is 44.6 Å². The number of nitrogens with zero attached hydrogens (tertiary/aromatic N) is 2. The van der Waals surface area contributed by atoms with Gasteiger partial charge in [-0.15, -0.1) is 0 Å². The molecule has 30 heavy (non-hydrogen) atoms. The maximum Gasteiger partial charge on any atom is 0.333 e. The van der Waals surface area contributed by atoms with Gasteiger partial charge >= 0.3 is 6.03 Å². The minimum atomic E-state index is -4.41. The van der Waals surface area contributed by atoms with E-state index in [4.69, 9.17) is 0 Å². The first-order valence-corrected chi connectivity index (χ1v) is 10.7. The predicted octanol–water partition coefficient (Wildman–Crippen LogP) is 2.73. The smallest absolute Gasteiger partial charge is 0.333 e. The number of aromatic nitrogens is 2. The van der Waals surface area contributed by atoms with Crippen LogP contribution in [0.15, 0.2) is 29.6 Å². The van der Waals surface area contributed by atoms with Gasteiger partial charge in [0.25, 0.3) is 15.9 Å². The molecular weight excluding hydrogens is 413 g/mol. The fourth-order valence-corrected chi connectivity index (χ4v) is 3.55. The summed E-state index contributed by atoms with van der Waals surface area (Å²) in [7, 11) is -3.05. The Hall–Kier alpha value is -3.08. The minimum absolute atomic E-state index is 0.125. The second kappa shape index (κ2) is 9.16. The number of rotatable bonds is 6. The summed E-state index contributed by atoms with van der Waals surface area (Å²) < 4.78 is 40.9.